The lowest BCUT2D eigenvalue weighted by atomic mass is 10.1. The number of esters is 2. The van der Waals surface area contributed by atoms with E-state index in [4.69, 9.17) is 9.47 Å². The fraction of sp³-hybridized carbons (Fsp3) is 0.526. The van der Waals surface area contributed by atoms with Gasteiger partial charge in [0.1, 0.15) is 5.78 Å². The highest BCUT2D eigenvalue weighted by Gasteiger charge is 2.18. The summed E-state index contributed by atoms with van der Waals surface area (Å²) in [6, 6.07) is 6.59. The Balaban J connectivity index is 0.00000118. The van der Waals surface area contributed by atoms with Crippen molar-refractivity contribution >= 4 is 17.7 Å². The van der Waals surface area contributed by atoms with Crippen molar-refractivity contribution in [2.24, 2.45) is 0 Å². The van der Waals surface area contributed by atoms with Crippen molar-refractivity contribution in [1.82, 2.24) is 0 Å². The summed E-state index contributed by atoms with van der Waals surface area (Å²) in [5.74, 6) is -0.775. The van der Waals surface area contributed by atoms with Crippen LogP contribution >= 0.6 is 0 Å². The summed E-state index contributed by atoms with van der Waals surface area (Å²) in [6.45, 7) is 7.84. The Morgan fingerprint density at radius 2 is 1.12 bits per heavy atom. The molecule has 0 saturated heterocycles. The maximum atomic E-state index is 11.9. The minimum Gasteiger partial charge on any atom is -0.462 e. The lowest BCUT2D eigenvalue weighted by Gasteiger charge is -2.09. The van der Waals surface area contributed by atoms with Gasteiger partial charge in [-0.3, -0.25) is 0 Å². The normalized spacial score (nSPS) is 9.50. The molecule has 0 aromatic heterocycles. The van der Waals surface area contributed by atoms with Crippen molar-refractivity contribution in [1.29, 1.82) is 0 Å². The number of ether oxygens (including phenoxy) is 2. The Bertz CT molecular complexity index is 477. The minimum atomic E-state index is -0.471. The monoisotopic (exact) mass is 336 g/mol. The van der Waals surface area contributed by atoms with Gasteiger partial charge in [-0.1, -0.05) is 38.8 Å². The van der Waals surface area contributed by atoms with Gasteiger partial charge >= 0.3 is 11.9 Å². The van der Waals surface area contributed by atoms with Crippen molar-refractivity contribution in [3.05, 3.63) is 35.4 Å². The van der Waals surface area contributed by atoms with E-state index in [0.717, 1.165) is 25.7 Å². The van der Waals surface area contributed by atoms with Gasteiger partial charge in [-0.15, -0.1) is 0 Å². The third kappa shape index (κ3) is 9.77. The van der Waals surface area contributed by atoms with Crippen molar-refractivity contribution in [2.45, 2.75) is 53.4 Å². The van der Waals surface area contributed by atoms with Gasteiger partial charge < -0.3 is 14.3 Å². The van der Waals surface area contributed by atoms with E-state index in [2.05, 4.69) is 0 Å². The number of carbonyl (C=O) groups is 3. The van der Waals surface area contributed by atoms with Gasteiger partial charge in [0.2, 0.25) is 0 Å². The molecule has 1 aromatic rings. The highest BCUT2D eigenvalue weighted by Crippen LogP contribution is 2.12. The number of hydrogen-bond donors (Lipinski definition) is 0. The first-order valence-corrected chi connectivity index (χ1v) is 8.34. The van der Waals surface area contributed by atoms with Gasteiger partial charge in [0.25, 0.3) is 0 Å². The van der Waals surface area contributed by atoms with Crippen LogP contribution < -0.4 is 0 Å². The highest BCUT2D eigenvalue weighted by atomic mass is 16.5. The zero-order chi connectivity index (χ0) is 18.4. The van der Waals surface area contributed by atoms with Gasteiger partial charge in [-0.25, -0.2) is 9.59 Å². The predicted molar refractivity (Wildman–Crippen MR) is 93.2 cm³/mol. The number of rotatable bonds is 8. The van der Waals surface area contributed by atoms with Gasteiger partial charge in [0.15, 0.2) is 0 Å². The van der Waals surface area contributed by atoms with Crippen molar-refractivity contribution in [3.8, 4) is 0 Å². The third-order valence-electron chi connectivity index (χ3n) is 2.83. The zero-order valence-electron chi connectivity index (χ0n) is 15.1. The molecule has 0 radical (unpaired) electrons. The van der Waals surface area contributed by atoms with Gasteiger partial charge in [-0.05, 0) is 38.8 Å². The Kier molecular flexibility index (Phi) is 12.1. The topological polar surface area (TPSA) is 69.7 Å². The number of Topliss-reactive ketones (excluding diaryl/α,β-unsaturated/α-hetero) is 1. The van der Waals surface area contributed by atoms with E-state index >= 15 is 0 Å². The summed E-state index contributed by atoms with van der Waals surface area (Å²) >= 11 is 0. The fourth-order valence-electron chi connectivity index (χ4n) is 1.61. The first-order valence-electron chi connectivity index (χ1n) is 8.34. The predicted octanol–water partition coefficient (Wildman–Crippen LogP) is 4.20. The molecule has 0 amide bonds. The van der Waals surface area contributed by atoms with Crippen LogP contribution in [0.4, 0.5) is 0 Å². The molecule has 5 nitrogen and oxygen atoms in total. The van der Waals surface area contributed by atoms with E-state index in [-0.39, 0.29) is 16.9 Å². The largest absolute Gasteiger partial charge is 0.462 e. The maximum absolute atomic E-state index is 11.9. The van der Waals surface area contributed by atoms with Crippen molar-refractivity contribution < 1.29 is 23.9 Å². The summed E-state index contributed by atoms with van der Waals surface area (Å²) in [6.07, 6.45) is 3.53. The molecule has 134 valence electrons. The second-order valence-electron chi connectivity index (χ2n) is 5.43. The molecule has 0 unspecified atom stereocenters. The molecule has 0 bridgehead atoms. The van der Waals surface area contributed by atoms with E-state index in [1.807, 2.05) is 13.8 Å². The van der Waals surface area contributed by atoms with Gasteiger partial charge in [0.05, 0.1) is 24.3 Å². The molecule has 1 rings (SSSR count). The summed E-state index contributed by atoms with van der Waals surface area (Å²) < 4.78 is 10.3. The Labute approximate surface area is 144 Å². The third-order valence-corrected chi connectivity index (χ3v) is 2.83. The molecule has 5 heteroatoms. The molecule has 0 fully saturated rings. The number of ketones is 1. The van der Waals surface area contributed by atoms with Crippen LogP contribution in [0.2, 0.25) is 0 Å². The van der Waals surface area contributed by atoms with Crippen LogP contribution in [0.5, 0.6) is 0 Å². The summed E-state index contributed by atoms with van der Waals surface area (Å²) in [4.78, 5) is 33.3. The van der Waals surface area contributed by atoms with Crippen LogP contribution in [-0.2, 0) is 14.3 Å². The van der Waals surface area contributed by atoms with E-state index in [1.54, 1.807) is 24.3 Å². The van der Waals surface area contributed by atoms with Gasteiger partial charge in [0, 0.05) is 0 Å². The molecule has 0 atom stereocenters. The van der Waals surface area contributed by atoms with E-state index in [1.165, 1.54) is 13.8 Å². The number of carbonyl (C=O) groups excluding carboxylic acids is 3. The van der Waals surface area contributed by atoms with E-state index < -0.39 is 11.9 Å². The first-order chi connectivity index (χ1) is 11.4. The second kappa shape index (κ2) is 13.3. The molecule has 24 heavy (non-hydrogen) atoms. The molecule has 0 N–H and O–H groups in total. The van der Waals surface area contributed by atoms with E-state index in [0.29, 0.717) is 13.2 Å². The van der Waals surface area contributed by atoms with Crippen LogP contribution in [0, 0.1) is 0 Å². The number of unbranched alkanes of at least 4 members (excludes halogenated alkanes) is 2. The van der Waals surface area contributed by atoms with Crippen LogP contribution in [0.15, 0.2) is 24.3 Å². The molecule has 0 aliphatic rings. The average molecular weight is 336 g/mol. The summed E-state index contributed by atoms with van der Waals surface area (Å²) in [7, 11) is 0. The molecule has 0 aliphatic heterocycles. The Morgan fingerprint density at radius 1 is 0.792 bits per heavy atom. The Morgan fingerprint density at radius 3 is 1.42 bits per heavy atom. The van der Waals surface area contributed by atoms with Crippen molar-refractivity contribution in [3.63, 3.8) is 0 Å². The van der Waals surface area contributed by atoms with Crippen LogP contribution in [0.25, 0.3) is 0 Å². The Hall–Kier alpha value is -2.17. The standard InChI is InChI=1S/C16H22O4.C3H6O/c1-3-5-11-19-15(17)13-9-7-8-10-14(13)16(18)20-12-6-4-2;1-3(2)4/h7-10H,3-6,11-12H2,1-2H3;1-2H3. The zero-order valence-corrected chi connectivity index (χ0v) is 15.1. The quantitative estimate of drug-likeness (QED) is 0.526. The smallest absolute Gasteiger partial charge is 0.339 e. The minimum absolute atomic E-state index is 0.167. The molecule has 0 heterocycles. The lowest BCUT2D eigenvalue weighted by molar-refractivity contribution is -0.115. The molecular formula is C19H28O5. The first kappa shape index (κ1) is 21.8. The molecule has 1 aromatic carbocycles. The lowest BCUT2D eigenvalue weighted by Crippen LogP contribution is -2.14. The number of hydrogen-bond acceptors (Lipinski definition) is 5. The molecule has 0 spiro atoms. The van der Waals surface area contributed by atoms with Crippen LogP contribution in [-0.4, -0.2) is 30.9 Å². The van der Waals surface area contributed by atoms with E-state index in [9.17, 15) is 14.4 Å². The highest BCUT2D eigenvalue weighted by molar-refractivity contribution is 6.03. The van der Waals surface area contributed by atoms with Crippen molar-refractivity contribution in [2.75, 3.05) is 13.2 Å². The summed E-state index contributed by atoms with van der Waals surface area (Å²) in [5.41, 5.74) is 0.537. The van der Waals surface area contributed by atoms with Crippen LogP contribution in [0.3, 0.4) is 0 Å². The maximum Gasteiger partial charge on any atom is 0.339 e. The van der Waals surface area contributed by atoms with Gasteiger partial charge in [-0.2, -0.15) is 0 Å². The number of benzene rings is 1. The fourth-order valence-corrected chi connectivity index (χ4v) is 1.61. The molecular weight excluding hydrogens is 308 g/mol. The second-order valence-corrected chi connectivity index (χ2v) is 5.43. The SMILES string of the molecule is CC(C)=O.CCCCOC(=O)c1ccccc1C(=O)OCCCC. The molecule has 0 aliphatic carbocycles. The summed E-state index contributed by atoms with van der Waals surface area (Å²) in [5, 5.41) is 0. The van der Waals surface area contributed by atoms with Crippen LogP contribution in [0.1, 0.15) is 74.1 Å². The average Bonchev–Trinajstić information content (AvgIpc) is 2.54. The molecule has 0 saturated carbocycles.